The molecule has 1 N–H and O–H groups in total. The molecule has 2 aliphatic rings. The van der Waals surface area contributed by atoms with Crippen molar-refractivity contribution in [3.63, 3.8) is 0 Å². The largest absolute Gasteiger partial charge is 0.497 e. The van der Waals surface area contributed by atoms with Crippen LogP contribution in [-0.2, 0) is 4.79 Å². The number of ketones is 1. The van der Waals surface area contributed by atoms with Crippen LogP contribution in [0, 0.1) is 0 Å². The van der Waals surface area contributed by atoms with Gasteiger partial charge in [-0.25, -0.2) is 0 Å². The van der Waals surface area contributed by atoms with Crippen LogP contribution in [0.4, 0.5) is 5.69 Å². The van der Waals surface area contributed by atoms with Gasteiger partial charge in [0, 0.05) is 47.0 Å². The number of hydrogen-bond acceptors (Lipinski definition) is 4. The van der Waals surface area contributed by atoms with Gasteiger partial charge in [-0.3, -0.25) is 4.79 Å². The van der Waals surface area contributed by atoms with Crippen LogP contribution in [0.3, 0.4) is 0 Å². The van der Waals surface area contributed by atoms with E-state index >= 15 is 0 Å². The first kappa shape index (κ1) is 15.8. The maximum Gasteiger partial charge on any atom is 0.161 e. The van der Waals surface area contributed by atoms with Crippen LogP contribution < -0.4 is 14.8 Å². The molecule has 0 fully saturated rings. The third kappa shape index (κ3) is 2.58. The second-order valence-corrected chi connectivity index (χ2v) is 6.43. The summed E-state index contributed by atoms with van der Waals surface area (Å²) in [6.07, 6.45) is 2.39. The molecule has 0 amide bonds. The molecule has 1 heterocycles. The lowest BCUT2D eigenvalue weighted by atomic mass is 9.75. The van der Waals surface area contributed by atoms with Crippen molar-refractivity contribution < 1.29 is 14.3 Å². The molecule has 1 unspecified atom stereocenters. The highest BCUT2D eigenvalue weighted by molar-refractivity contribution is 6.01. The summed E-state index contributed by atoms with van der Waals surface area (Å²) in [4.78, 5) is 12.8. The highest BCUT2D eigenvalue weighted by Gasteiger charge is 2.37. The summed E-state index contributed by atoms with van der Waals surface area (Å²) in [6, 6.07) is 14.0. The lowest BCUT2D eigenvalue weighted by Gasteiger charge is -2.35. The van der Waals surface area contributed by atoms with E-state index < -0.39 is 0 Å². The second-order valence-electron chi connectivity index (χ2n) is 6.43. The van der Waals surface area contributed by atoms with E-state index in [4.69, 9.17) is 9.47 Å². The average molecular weight is 335 g/mol. The molecular weight excluding hydrogens is 314 g/mol. The molecule has 0 bridgehead atoms. The van der Waals surface area contributed by atoms with Crippen LogP contribution in [-0.4, -0.2) is 20.0 Å². The van der Waals surface area contributed by atoms with E-state index in [2.05, 4.69) is 17.4 Å². The molecule has 4 rings (SSSR count). The summed E-state index contributed by atoms with van der Waals surface area (Å²) in [5, 5.41) is 3.48. The number of carbonyl (C=O) groups is 1. The summed E-state index contributed by atoms with van der Waals surface area (Å²) in [5.74, 6) is 1.59. The van der Waals surface area contributed by atoms with Gasteiger partial charge in [-0.05, 0) is 18.4 Å². The number of anilines is 1. The van der Waals surface area contributed by atoms with E-state index in [1.165, 1.54) is 0 Å². The fraction of sp³-hybridized carbons (Fsp3) is 0.286. The SMILES string of the molecule is COc1cc2c(c(OC)c1)C(c1ccccc1)C1=C(CCCC1=O)N2. The normalized spacial score (nSPS) is 19.0. The number of allylic oxidation sites excluding steroid dienone is 2. The third-order valence-corrected chi connectivity index (χ3v) is 5.02. The number of hydrogen-bond donors (Lipinski definition) is 1. The Balaban J connectivity index is 1.98. The number of Topliss-reactive ketones (excluding diaryl/α,β-unsaturated/α-hetero) is 1. The average Bonchev–Trinajstić information content (AvgIpc) is 2.66. The molecule has 128 valence electrons. The minimum absolute atomic E-state index is 0.110. The van der Waals surface area contributed by atoms with Crippen molar-refractivity contribution in [2.24, 2.45) is 0 Å². The molecule has 0 radical (unpaired) electrons. The van der Waals surface area contributed by atoms with Crippen molar-refractivity contribution in [2.75, 3.05) is 19.5 Å². The number of nitrogens with one attached hydrogen (secondary N) is 1. The molecule has 0 saturated heterocycles. The monoisotopic (exact) mass is 335 g/mol. The molecule has 2 aromatic rings. The fourth-order valence-electron chi connectivity index (χ4n) is 3.90. The summed E-state index contributed by atoms with van der Waals surface area (Å²) in [5.41, 5.74) is 4.99. The summed E-state index contributed by atoms with van der Waals surface area (Å²) >= 11 is 0. The van der Waals surface area contributed by atoms with Crippen LogP contribution in [0.25, 0.3) is 0 Å². The molecule has 0 saturated carbocycles. The predicted molar refractivity (Wildman–Crippen MR) is 97.3 cm³/mol. The molecule has 25 heavy (non-hydrogen) atoms. The Hall–Kier alpha value is -2.75. The Kier molecular flexibility index (Phi) is 3.96. The van der Waals surface area contributed by atoms with Gasteiger partial charge in [0.25, 0.3) is 0 Å². The van der Waals surface area contributed by atoms with E-state index in [-0.39, 0.29) is 11.7 Å². The van der Waals surface area contributed by atoms with Gasteiger partial charge in [-0.15, -0.1) is 0 Å². The van der Waals surface area contributed by atoms with Crippen LogP contribution in [0.1, 0.15) is 36.3 Å². The molecule has 2 aromatic carbocycles. The number of carbonyl (C=O) groups excluding carboxylic acids is 1. The number of fused-ring (bicyclic) bond motifs is 1. The van der Waals surface area contributed by atoms with Crippen LogP contribution in [0.5, 0.6) is 11.5 Å². The molecule has 4 heteroatoms. The highest BCUT2D eigenvalue weighted by Crippen LogP contribution is 2.50. The minimum atomic E-state index is -0.110. The Morgan fingerprint density at radius 3 is 2.56 bits per heavy atom. The van der Waals surface area contributed by atoms with E-state index in [1.54, 1.807) is 14.2 Å². The lowest BCUT2D eigenvalue weighted by Crippen LogP contribution is -2.27. The quantitative estimate of drug-likeness (QED) is 0.910. The zero-order valence-electron chi connectivity index (χ0n) is 14.5. The molecule has 0 spiro atoms. The Morgan fingerprint density at radius 1 is 1.04 bits per heavy atom. The fourth-order valence-corrected chi connectivity index (χ4v) is 3.90. The molecule has 1 atom stereocenters. The van der Waals surface area contributed by atoms with Crippen LogP contribution in [0.15, 0.2) is 53.7 Å². The van der Waals surface area contributed by atoms with Gasteiger partial charge in [-0.1, -0.05) is 30.3 Å². The van der Waals surface area contributed by atoms with Crippen molar-refractivity contribution in [3.05, 3.63) is 64.9 Å². The molecule has 1 aliphatic heterocycles. The van der Waals surface area contributed by atoms with Crippen molar-refractivity contribution in [1.29, 1.82) is 0 Å². The number of benzene rings is 2. The molecule has 4 nitrogen and oxygen atoms in total. The Bertz CT molecular complexity index is 855. The number of methoxy groups -OCH3 is 2. The van der Waals surface area contributed by atoms with Gasteiger partial charge in [0.2, 0.25) is 0 Å². The zero-order chi connectivity index (χ0) is 17.4. The first-order valence-electron chi connectivity index (χ1n) is 8.57. The van der Waals surface area contributed by atoms with E-state index in [0.717, 1.165) is 52.4 Å². The molecular formula is C21H21NO3. The van der Waals surface area contributed by atoms with Gasteiger partial charge >= 0.3 is 0 Å². The smallest absolute Gasteiger partial charge is 0.161 e. The predicted octanol–water partition coefficient (Wildman–Crippen LogP) is 4.27. The third-order valence-electron chi connectivity index (χ3n) is 5.02. The molecule has 0 aromatic heterocycles. The Labute approximate surface area is 147 Å². The second kappa shape index (κ2) is 6.28. The van der Waals surface area contributed by atoms with Gasteiger partial charge in [0.05, 0.1) is 14.2 Å². The summed E-state index contributed by atoms with van der Waals surface area (Å²) in [7, 11) is 3.30. The standard InChI is InChI=1S/C21H21NO3/c1-24-14-11-16-21(18(12-14)25-2)19(13-7-4-3-5-8-13)20-15(22-16)9-6-10-17(20)23/h3-5,7-8,11-12,19,22H,6,9-10H2,1-2H3. The topological polar surface area (TPSA) is 47.6 Å². The van der Waals surface area contributed by atoms with Gasteiger partial charge in [-0.2, -0.15) is 0 Å². The van der Waals surface area contributed by atoms with E-state index in [9.17, 15) is 4.79 Å². The highest BCUT2D eigenvalue weighted by atomic mass is 16.5. The maximum absolute atomic E-state index is 12.8. The van der Waals surface area contributed by atoms with E-state index in [0.29, 0.717) is 6.42 Å². The summed E-state index contributed by atoms with van der Waals surface area (Å²) in [6.45, 7) is 0. The summed E-state index contributed by atoms with van der Waals surface area (Å²) < 4.78 is 11.1. The van der Waals surface area contributed by atoms with Crippen molar-refractivity contribution >= 4 is 11.5 Å². The van der Waals surface area contributed by atoms with Gasteiger partial charge < -0.3 is 14.8 Å². The number of ether oxygens (including phenoxy) is 2. The zero-order valence-corrected chi connectivity index (χ0v) is 14.5. The first-order chi connectivity index (χ1) is 12.2. The van der Waals surface area contributed by atoms with Crippen LogP contribution >= 0.6 is 0 Å². The molecule has 1 aliphatic carbocycles. The number of rotatable bonds is 3. The minimum Gasteiger partial charge on any atom is -0.497 e. The van der Waals surface area contributed by atoms with Crippen molar-refractivity contribution in [2.45, 2.75) is 25.2 Å². The van der Waals surface area contributed by atoms with Crippen molar-refractivity contribution in [1.82, 2.24) is 0 Å². The van der Waals surface area contributed by atoms with Crippen molar-refractivity contribution in [3.8, 4) is 11.5 Å². The van der Waals surface area contributed by atoms with Gasteiger partial charge in [0.15, 0.2) is 5.78 Å². The van der Waals surface area contributed by atoms with E-state index in [1.807, 2.05) is 30.3 Å². The Morgan fingerprint density at radius 2 is 1.84 bits per heavy atom. The maximum atomic E-state index is 12.8. The van der Waals surface area contributed by atoms with Crippen LogP contribution in [0.2, 0.25) is 0 Å². The first-order valence-corrected chi connectivity index (χ1v) is 8.57. The van der Waals surface area contributed by atoms with Gasteiger partial charge in [0.1, 0.15) is 11.5 Å². The lowest BCUT2D eigenvalue weighted by molar-refractivity contribution is -0.116.